The fourth-order valence-electron chi connectivity index (χ4n) is 1.50. The zero-order chi connectivity index (χ0) is 14.8. The Kier molecular flexibility index (Phi) is 7.10. The molecule has 0 heterocycles. The maximum absolute atomic E-state index is 11.3. The van der Waals surface area contributed by atoms with Gasteiger partial charge in [-0.15, -0.1) is 0 Å². The largest absolute Gasteiger partial charge is 0.496 e. The molecule has 0 bridgehead atoms. The highest BCUT2D eigenvalue weighted by Gasteiger charge is 2.03. The Balaban J connectivity index is 2.36. The molecule has 0 atom stereocenters. The minimum Gasteiger partial charge on any atom is -0.496 e. The third-order valence-corrected chi connectivity index (χ3v) is 2.52. The van der Waals surface area contributed by atoms with Crippen LogP contribution >= 0.6 is 0 Å². The predicted molar refractivity (Wildman–Crippen MR) is 76.7 cm³/mol. The summed E-state index contributed by atoms with van der Waals surface area (Å²) in [5.41, 5.74) is 0. The van der Waals surface area contributed by atoms with Crippen LogP contribution in [-0.2, 0) is 0 Å². The maximum atomic E-state index is 11.3. The molecule has 6 heteroatoms. The van der Waals surface area contributed by atoms with Crippen LogP contribution in [0, 0.1) is 0 Å². The number of ether oxygens (including phenoxy) is 3. The third-order valence-electron chi connectivity index (χ3n) is 2.52. The van der Waals surface area contributed by atoms with Gasteiger partial charge in [0.1, 0.15) is 23.9 Å². The van der Waals surface area contributed by atoms with Gasteiger partial charge >= 0.3 is 6.03 Å². The average molecular weight is 282 g/mol. The Morgan fingerprint density at radius 3 is 2.10 bits per heavy atom. The highest BCUT2D eigenvalue weighted by Crippen LogP contribution is 2.27. The number of carbonyl (C=O) groups is 1. The molecule has 0 aliphatic heterocycles. The van der Waals surface area contributed by atoms with Gasteiger partial charge in [0.15, 0.2) is 0 Å². The molecule has 6 nitrogen and oxygen atoms in total. The molecular weight excluding hydrogens is 260 g/mol. The number of urea groups is 1. The fraction of sp³-hybridized carbons (Fsp3) is 0.500. The summed E-state index contributed by atoms with van der Waals surface area (Å²) in [7, 11) is 3.16. The van der Waals surface area contributed by atoms with Crippen molar-refractivity contribution in [3.63, 3.8) is 0 Å². The van der Waals surface area contributed by atoms with Crippen LogP contribution < -0.4 is 24.8 Å². The molecule has 112 valence electrons. The lowest BCUT2D eigenvalue weighted by atomic mass is 10.3. The van der Waals surface area contributed by atoms with Gasteiger partial charge in [0, 0.05) is 24.7 Å². The summed E-state index contributed by atoms with van der Waals surface area (Å²) < 4.78 is 15.8. The summed E-state index contributed by atoms with van der Waals surface area (Å²) in [5, 5.41) is 5.43. The second-order valence-corrected chi connectivity index (χ2v) is 4.08. The van der Waals surface area contributed by atoms with E-state index in [2.05, 4.69) is 10.6 Å². The van der Waals surface area contributed by atoms with Gasteiger partial charge in [-0.1, -0.05) is 6.92 Å². The molecule has 2 N–H and O–H groups in total. The van der Waals surface area contributed by atoms with Crippen molar-refractivity contribution < 1.29 is 19.0 Å². The number of nitrogens with one attached hydrogen (secondary N) is 2. The smallest absolute Gasteiger partial charge is 0.314 e. The molecule has 1 rings (SSSR count). The van der Waals surface area contributed by atoms with E-state index >= 15 is 0 Å². The second kappa shape index (κ2) is 8.90. The lowest BCUT2D eigenvalue weighted by molar-refractivity contribution is 0.236. The Labute approximate surface area is 119 Å². The van der Waals surface area contributed by atoms with Gasteiger partial charge in [-0.05, 0) is 6.42 Å². The molecule has 2 amide bonds. The Bertz CT molecular complexity index is 401. The molecule has 0 aliphatic carbocycles. The second-order valence-electron chi connectivity index (χ2n) is 4.08. The van der Waals surface area contributed by atoms with E-state index in [1.165, 1.54) is 0 Å². The molecule has 0 fully saturated rings. The molecule has 0 unspecified atom stereocenters. The highest BCUT2D eigenvalue weighted by atomic mass is 16.5. The van der Waals surface area contributed by atoms with Gasteiger partial charge in [0.25, 0.3) is 0 Å². The van der Waals surface area contributed by atoms with Crippen LogP contribution in [0.1, 0.15) is 13.3 Å². The number of benzene rings is 1. The molecule has 0 saturated heterocycles. The number of hydrogen-bond donors (Lipinski definition) is 2. The first-order chi connectivity index (χ1) is 9.69. The third kappa shape index (κ3) is 5.69. The van der Waals surface area contributed by atoms with E-state index in [1.807, 2.05) is 6.92 Å². The van der Waals surface area contributed by atoms with Crippen LogP contribution in [0.2, 0.25) is 0 Å². The van der Waals surface area contributed by atoms with E-state index in [0.29, 0.717) is 36.9 Å². The van der Waals surface area contributed by atoms with E-state index in [0.717, 1.165) is 6.42 Å². The van der Waals surface area contributed by atoms with Crippen molar-refractivity contribution >= 4 is 6.03 Å². The summed E-state index contributed by atoms with van der Waals surface area (Å²) in [6, 6.07) is 5.11. The first-order valence-electron chi connectivity index (χ1n) is 6.57. The summed E-state index contributed by atoms with van der Waals surface area (Å²) in [6.07, 6.45) is 0.910. The Hall–Kier alpha value is -2.11. The summed E-state index contributed by atoms with van der Waals surface area (Å²) in [6.45, 7) is 3.46. The van der Waals surface area contributed by atoms with Crippen molar-refractivity contribution in [1.29, 1.82) is 0 Å². The van der Waals surface area contributed by atoms with E-state index in [4.69, 9.17) is 14.2 Å². The van der Waals surface area contributed by atoms with E-state index < -0.39 is 0 Å². The maximum Gasteiger partial charge on any atom is 0.314 e. The minimum atomic E-state index is -0.182. The molecule has 0 aliphatic rings. The number of hydrogen-bond acceptors (Lipinski definition) is 4. The molecule has 0 spiro atoms. The number of amides is 2. The molecule has 20 heavy (non-hydrogen) atoms. The van der Waals surface area contributed by atoms with Crippen LogP contribution in [0.4, 0.5) is 4.79 Å². The standard InChI is InChI=1S/C14H22N2O4/c1-4-5-15-14(17)16-6-7-20-13-9-11(18-2)8-12(10-13)19-3/h8-10H,4-7H2,1-3H3,(H2,15,16,17). The first-order valence-corrected chi connectivity index (χ1v) is 6.57. The lowest BCUT2D eigenvalue weighted by Gasteiger charge is -2.11. The first kappa shape index (κ1) is 15.9. The fourth-order valence-corrected chi connectivity index (χ4v) is 1.50. The lowest BCUT2D eigenvalue weighted by Crippen LogP contribution is -2.37. The molecule has 0 radical (unpaired) electrons. The van der Waals surface area contributed by atoms with Crippen LogP contribution in [0.25, 0.3) is 0 Å². The Morgan fingerprint density at radius 2 is 1.55 bits per heavy atom. The van der Waals surface area contributed by atoms with Gasteiger partial charge in [-0.3, -0.25) is 0 Å². The van der Waals surface area contributed by atoms with E-state index in [1.54, 1.807) is 32.4 Å². The van der Waals surface area contributed by atoms with Crippen molar-refractivity contribution in [3.8, 4) is 17.2 Å². The van der Waals surface area contributed by atoms with Gasteiger partial charge in [-0.25, -0.2) is 4.79 Å². The monoisotopic (exact) mass is 282 g/mol. The van der Waals surface area contributed by atoms with Crippen LogP contribution in [0.3, 0.4) is 0 Å². The molecular formula is C14H22N2O4. The average Bonchev–Trinajstić information content (AvgIpc) is 2.49. The summed E-state index contributed by atoms with van der Waals surface area (Å²) in [4.78, 5) is 11.3. The predicted octanol–water partition coefficient (Wildman–Crippen LogP) is 1.79. The van der Waals surface area contributed by atoms with Crippen molar-refractivity contribution in [2.45, 2.75) is 13.3 Å². The van der Waals surface area contributed by atoms with Crippen LogP contribution in [-0.4, -0.2) is 39.9 Å². The van der Waals surface area contributed by atoms with Crippen LogP contribution in [0.15, 0.2) is 18.2 Å². The summed E-state index contributed by atoms with van der Waals surface area (Å²) in [5.74, 6) is 1.96. The normalized spacial score (nSPS) is 9.75. The van der Waals surface area contributed by atoms with Crippen molar-refractivity contribution in [2.24, 2.45) is 0 Å². The van der Waals surface area contributed by atoms with E-state index in [-0.39, 0.29) is 6.03 Å². The van der Waals surface area contributed by atoms with Gasteiger partial charge in [-0.2, -0.15) is 0 Å². The van der Waals surface area contributed by atoms with Crippen molar-refractivity contribution in [2.75, 3.05) is 33.9 Å². The zero-order valence-corrected chi connectivity index (χ0v) is 12.2. The molecule has 0 aromatic heterocycles. The minimum absolute atomic E-state index is 0.182. The van der Waals surface area contributed by atoms with Gasteiger partial charge in [0.05, 0.1) is 20.8 Å². The molecule has 0 saturated carbocycles. The highest BCUT2D eigenvalue weighted by molar-refractivity contribution is 5.73. The van der Waals surface area contributed by atoms with Crippen molar-refractivity contribution in [3.05, 3.63) is 18.2 Å². The summed E-state index contributed by atoms with van der Waals surface area (Å²) >= 11 is 0. The number of rotatable bonds is 8. The number of carbonyl (C=O) groups excluding carboxylic acids is 1. The number of methoxy groups -OCH3 is 2. The van der Waals surface area contributed by atoms with Gasteiger partial charge in [0.2, 0.25) is 0 Å². The van der Waals surface area contributed by atoms with Crippen molar-refractivity contribution in [1.82, 2.24) is 10.6 Å². The molecule has 1 aromatic rings. The van der Waals surface area contributed by atoms with Gasteiger partial charge < -0.3 is 24.8 Å². The Morgan fingerprint density at radius 1 is 1.00 bits per heavy atom. The van der Waals surface area contributed by atoms with Crippen LogP contribution in [0.5, 0.6) is 17.2 Å². The topological polar surface area (TPSA) is 68.8 Å². The van der Waals surface area contributed by atoms with E-state index in [9.17, 15) is 4.79 Å². The zero-order valence-electron chi connectivity index (χ0n) is 12.2. The molecule has 1 aromatic carbocycles. The SMILES string of the molecule is CCCNC(=O)NCCOc1cc(OC)cc(OC)c1. The quantitative estimate of drug-likeness (QED) is 0.713.